The number of amides is 3. The molecule has 0 spiro atoms. The van der Waals surface area contributed by atoms with Crippen LogP contribution in [0.15, 0.2) is 0 Å². The van der Waals surface area contributed by atoms with Crippen molar-refractivity contribution >= 4 is 17.7 Å². The molecule has 1 rings (SSSR count). The molecular formula is C14H27N5O3. The van der Waals surface area contributed by atoms with E-state index in [4.69, 9.17) is 17.2 Å². The second-order valence-electron chi connectivity index (χ2n) is 5.73. The van der Waals surface area contributed by atoms with Crippen molar-refractivity contribution in [2.45, 2.75) is 57.2 Å². The molecule has 0 radical (unpaired) electrons. The van der Waals surface area contributed by atoms with Crippen LogP contribution in [-0.4, -0.2) is 53.8 Å². The molecule has 3 atom stereocenters. The Kier molecular flexibility index (Phi) is 7.26. The van der Waals surface area contributed by atoms with E-state index < -0.39 is 24.0 Å². The van der Waals surface area contributed by atoms with E-state index >= 15 is 0 Å². The van der Waals surface area contributed by atoms with Gasteiger partial charge < -0.3 is 27.4 Å². The Bertz CT molecular complexity index is 413. The third-order valence-electron chi connectivity index (χ3n) is 3.84. The zero-order valence-electron chi connectivity index (χ0n) is 13.1. The molecule has 126 valence electrons. The highest BCUT2D eigenvalue weighted by molar-refractivity contribution is 5.92. The molecule has 8 heteroatoms. The van der Waals surface area contributed by atoms with E-state index in [0.29, 0.717) is 32.4 Å². The van der Waals surface area contributed by atoms with Gasteiger partial charge in [-0.1, -0.05) is 0 Å². The fraction of sp³-hybridized carbons (Fsp3) is 0.786. The first-order chi connectivity index (χ1) is 10.4. The highest BCUT2D eigenvalue weighted by Crippen LogP contribution is 2.19. The molecule has 3 amide bonds. The number of likely N-dealkylation sites (tertiary alicyclic amines) is 1. The van der Waals surface area contributed by atoms with E-state index in [1.54, 1.807) is 6.92 Å². The Balaban J connectivity index is 2.77. The van der Waals surface area contributed by atoms with E-state index in [1.165, 1.54) is 4.90 Å². The molecule has 22 heavy (non-hydrogen) atoms. The van der Waals surface area contributed by atoms with Crippen molar-refractivity contribution in [2.75, 3.05) is 13.1 Å². The Morgan fingerprint density at radius 2 is 2.00 bits per heavy atom. The van der Waals surface area contributed by atoms with Crippen LogP contribution in [0, 0.1) is 0 Å². The first-order valence-electron chi connectivity index (χ1n) is 7.74. The number of nitrogens with one attached hydrogen (secondary N) is 1. The van der Waals surface area contributed by atoms with Gasteiger partial charge in [0.1, 0.15) is 12.1 Å². The van der Waals surface area contributed by atoms with E-state index in [0.717, 1.165) is 12.8 Å². The minimum absolute atomic E-state index is 0.271. The highest BCUT2D eigenvalue weighted by atomic mass is 16.2. The first kappa shape index (κ1) is 18.4. The lowest BCUT2D eigenvalue weighted by molar-refractivity contribution is -0.140. The topological polar surface area (TPSA) is 145 Å². The minimum Gasteiger partial charge on any atom is -0.368 e. The number of hydrogen-bond acceptors (Lipinski definition) is 5. The zero-order chi connectivity index (χ0) is 16.7. The van der Waals surface area contributed by atoms with Crippen molar-refractivity contribution in [3.8, 4) is 0 Å². The summed E-state index contributed by atoms with van der Waals surface area (Å²) < 4.78 is 0. The summed E-state index contributed by atoms with van der Waals surface area (Å²) in [6, 6.07) is -1.97. The molecule has 0 aromatic carbocycles. The van der Waals surface area contributed by atoms with Crippen molar-refractivity contribution in [3.63, 3.8) is 0 Å². The van der Waals surface area contributed by atoms with E-state index in [2.05, 4.69) is 5.32 Å². The van der Waals surface area contributed by atoms with Crippen molar-refractivity contribution in [1.29, 1.82) is 0 Å². The smallest absolute Gasteiger partial charge is 0.245 e. The summed E-state index contributed by atoms with van der Waals surface area (Å²) in [5, 5.41) is 2.66. The number of carbonyl (C=O) groups excluding carboxylic acids is 3. The fourth-order valence-electron chi connectivity index (χ4n) is 2.58. The molecule has 8 nitrogen and oxygen atoms in total. The van der Waals surface area contributed by atoms with Gasteiger partial charge in [0.05, 0.1) is 6.04 Å². The summed E-state index contributed by atoms with van der Waals surface area (Å²) in [5.74, 6) is -1.17. The van der Waals surface area contributed by atoms with Gasteiger partial charge in [0, 0.05) is 6.54 Å². The summed E-state index contributed by atoms with van der Waals surface area (Å²) in [6.45, 7) is 2.56. The predicted octanol–water partition coefficient (Wildman–Crippen LogP) is -1.58. The average Bonchev–Trinajstić information content (AvgIpc) is 2.94. The Labute approximate surface area is 130 Å². The van der Waals surface area contributed by atoms with Crippen LogP contribution >= 0.6 is 0 Å². The van der Waals surface area contributed by atoms with Gasteiger partial charge in [0.15, 0.2) is 0 Å². The molecular weight excluding hydrogens is 286 g/mol. The maximum absolute atomic E-state index is 12.6. The largest absolute Gasteiger partial charge is 0.368 e. The number of nitrogens with two attached hydrogens (primary N) is 3. The lowest BCUT2D eigenvalue weighted by Crippen LogP contribution is -2.54. The number of primary amides is 1. The van der Waals surface area contributed by atoms with Gasteiger partial charge in [-0.05, 0) is 45.6 Å². The SMILES string of the molecule is C[C@H](N)C(=O)N[C@@H](CCCCN)C(=O)N1CCC[C@H]1C(N)=O. The molecule has 1 aliphatic heterocycles. The van der Waals surface area contributed by atoms with E-state index in [1.807, 2.05) is 0 Å². The summed E-state index contributed by atoms with van der Waals surface area (Å²) >= 11 is 0. The van der Waals surface area contributed by atoms with E-state index in [9.17, 15) is 14.4 Å². The lowest BCUT2D eigenvalue weighted by atomic mass is 10.1. The van der Waals surface area contributed by atoms with Crippen LogP contribution in [-0.2, 0) is 14.4 Å². The number of carbonyl (C=O) groups is 3. The highest BCUT2D eigenvalue weighted by Gasteiger charge is 2.36. The fourth-order valence-corrected chi connectivity index (χ4v) is 2.58. The third kappa shape index (κ3) is 4.96. The molecule has 0 aliphatic carbocycles. The molecule has 7 N–H and O–H groups in total. The Morgan fingerprint density at radius 3 is 2.55 bits per heavy atom. The number of hydrogen-bond donors (Lipinski definition) is 4. The van der Waals surface area contributed by atoms with Gasteiger partial charge in [-0.2, -0.15) is 0 Å². The monoisotopic (exact) mass is 313 g/mol. The molecule has 0 aromatic rings. The molecule has 0 bridgehead atoms. The van der Waals surface area contributed by atoms with Crippen LogP contribution in [0.2, 0.25) is 0 Å². The molecule has 1 aliphatic rings. The Morgan fingerprint density at radius 1 is 1.32 bits per heavy atom. The quantitative estimate of drug-likeness (QED) is 0.400. The normalized spacial score (nSPS) is 20.5. The number of unbranched alkanes of at least 4 members (excludes halogenated alkanes) is 1. The summed E-state index contributed by atoms with van der Waals surface area (Å²) in [4.78, 5) is 37.3. The van der Waals surface area contributed by atoms with Crippen LogP contribution in [0.3, 0.4) is 0 Å². The van der Waals surface area contributed by atoms with Crippen molar-refractivity contribution in [3.05, 3.63) is 0 Å². The first-order valence-corrected chi connectivity index (χ1v) is 7.74. The maximum atomic E-state index is 12.6. The van der Waals surface area contributed by atoms with Gasteiger partial charge in [-0.25, -0.2) is 0 Å². The lowest BCUT2D eigenvalue weighted by Gasteiger charge is -2.28. The van der Waals surface area contributed by atoms with Crippen molar-refractivity contribution in [1.82, 2.24) is 10.2 Å². The van der Waals surface area contributed by atoms with Crippen molar-refractivity contribution < 1.29 is 14.4 Å². The van der Waals surface area contributed by atoms with Gasteiger partial charge in [-0.15, -0.1) is 0 Å². The van der Waals surface area contributed by atoms with Gasteiger partial charge in [0.2, 0.25) is 17.7 Å². The molecule has 1 heterocycles. The second-order valence-corrected chi connectivity index (χ2v) is 5.73. The molecule has 1 fully saturated rings. The van der Waals surface area contributed by atoms with Crippen LogP contribution in [0.5, 0.6) is 0 Å². The molecule has 0 aromatic heterocycles. The van der Waals surface area contributed by atoms with Crippen LogP contribution in [0.4, 0.5) is 0 Å². The average molecular weight is 313 g/mol. The minimum atomic E-state index is -0.699. The maximum Gasteiger partial charge on any atom is 0.245 e. The van der Waals surface area contributed by atoms with Gasteiger partial charge >= 0.3 is 0 Å². The van der Waals surface area contributed by atoms with Crippen LogP contribution in [0.25, 0.3) is 0 Å². The van der Waals surface area contributed by atoms with Crippen LogP contribution in [0.1, 0.15) is 39.0 Å². The van der Waals surface area contributed by atoms with Crippen molar-refractivity contribution in [2.24, 2.45) is 17.2 Å². The summed E-state index contributed by atoms with van der Waals surface area (Å²) in [5.41, 5.74) is 16.3. The summed E-state index contributed by atoms with van der Waals surface area (Å²) in [6.07, 6.45) is 3.24. The number of nitrogens with zero attached hydrogens (tertiary/aromatic N) is 1. The van der Waals surface area contributed by atoms with Gasteiger partial charge in [0.25, 0.3) is 0 Å². The zero-order valence-corrected chi connectivity index (χ0v) is 13.1. The molecule has 0 saturated carbocycles. The summed E-state index contributed by atoms with van der Waals surface area (Å²) in [7, 11) is 0. The standard InChI is InChI=1S/C14H27N5O3/c1-9(16)13(21)18-10(5-2-3-7-15)14(22)19-8-4-6-11(19)12(17)20/h9-11H,2-8,15-16H2,1H3,(H2,17,20)(H,18,21)/t9-,10-,11-/m0/s1. The molecule has 0 unspecified atom stereocenters. The van der Waals surface area contributed by atoms with Gasteiger partial charge in [-0.3, -0.25) is 14.4 Å². The van der Waals surface area contributed by atoms with Crippen LogP contribution < -0.4 is 22.5 Å². The van der Waals surface area contributed by atoms with E-state index in [-0.39, 0.29) is 11.8 Å². The molecule has 1 saturated heterocycles. The Hall–Kier alpha value is -1.67. The predicted molar refractivity (Wildman–Crippen MR) is 82.4 cm³/mol. The number of rotatable bonds is 8. The third-order valence-corrected chi connectivity index (χ3v) is 3.84. The second kappa shape index (κ2) is 8.70.